The Morgan fingerprint density at radius 1 is 1.17 bits per heavy atom. The second-order valence-corrected chi connectivity index (χ2v) is 8.03. The highest BCUT2D eigenvalue weighted by Crippen LogP contribution is 2.32. The molecule has 24 heavy (non-hydrogen) atoms. The van der Waals surface area contributed by atoms with E-state index in [0.717, 1.165) is 9.54 Å². The van der Waals surface area contributed by atoms with Crippen molar-refractivity contribution in [1.29, 1.82) is 0 Å². The van der Waals surface area contributed by atoms with Gasteiger partial charge in [0, 0.05) is 21.6 Å². The third kappa shape index (κ3) is 2.61. The van der Waals surface area contributed by atoms with Crippen LogP contribution in [0.5, 0.6) is 0 Å². The lowest BCUT2D eigenvalue weighted by Gasteiger charge is -2.08. The van der Waals surface area contributed by atoms with Gasteiger partial charge in [0.25, 0.3) is 10.0 Å². The number of rotatable bonds is 4. The van der Waals surface area contributed by atoms with Gasteiger partial charge in [-0.1, -0.05) is 46.3 Å². The van der Waals surface area contributed by atoms with Crippen LogP contribution in [0.2, 0.25) is 0 Å². The van der Waals surface area contributed by atoms with Gasteiger partial charge in [-0.3, -0.25) is 4.79 Å². The Kier molecular flexibility index (Phi) is 4.19. The molecule has 0 saturated carbocycles. The van der Waals surface area contributed by atoms with Crippen LogP contribution in [0, 0.1) is 6.92 Å². The topological polar surface area (TPSA) is 56.1 Å². The standard InChI is InChI=1S/C18H14BrNO3S/c1-3-17(21)14-11-20(16-6-4-5-15(19)18(14)16)24(22,23)13-9-7-12(2)8-10-13/h3-11H,1H2,2H3. The van der Waals surface area contributed by atoms with Gasteiger partial charge in [0.1, 0.15) is 0 Å². The van der Waals surface area contributed by atoms with Crippen molar-refractivity contribution in [2.24, 2.45) is 0 Å². The van der Waals surface area contributed by atoms with Crippen molar-refractivity contribution >= 4 is 42.6 Å². The van der Waals surface area contributed by atoms with E-state index in [2.05, 4.69) is 22.5 Å². The summed E-state index contributed by atoms with van der Waals surface area (Å²) in [6.07, 6.45) is 2.53. The summed E-state index contributed by atoms with van der Waals surface area (Å²) >= 11 is 3.40. The maximum Gasteiger partial charge on any atom is 0.268 e. The quantitative estimate of drug-likeness (QED) is 0.481. The molecule has 6 heteroatoms. The molecular weight excluding hydrogens is 390 g/mol. The summed E-state index contributed by atoms with van der Waals surface area (Å²) in [5.41, 5.74) is 1.70. The van der Waals surface area contributed by atoms with Crippen LogP contribution in [0.25, 0.3) is 10.9 Å². The molecule has 1 aromatic heterocycles. The molecule has 0 N–H and O–H groups in total. The molecule has 0 radical (unpaired) electrons. The van der Waals surface area contributed by atoms with Gasteiger partial charge in [-0.25, -0.2) is 12.4 Å². The van der Waals surface area contributed by atoms with Gasteiger partial charge < -0.3 is 0 Å². The van der Waals surface area contributed by atoms with Crippen LogP contribution in [0.1, 0.15) is 15.9 Å². The summed E-state index contributed by atoms with van der Waals surface area (Å²) in [6.45, 7) is 5.38. The number of halogens is 1. The number of carbonyl (C=O) groups is 1. The van der Waals surface area contributed by atoms with Crippen LogP contribution in [-0.2, 0) is 10.0 Å². The molecule has 122 valence electrons. The monoisotopic (exact) mass is 403 g/mol. The van der Waals surface area contributed by atoms with E-state index in [0.29, 0.717) is 20.9 Å². The number of nitrogens with zero attached hydrogens (tertiary/aromatic N) is 1. The minimum Gasteiger partial charge on any atom is -0.289 e. The molecule has 0 aliphatic carbocycles. The largest absolute Gasteiger partial charge is 0.289 e. The van der Waals surface area contributed by atoms with E-state index in [4.69, 9.17) is 0 Å². The highest BCUT2D eigenvalue weighted by Gasteiger charge is 2.23. The normalized spacial score (nSPS) is 11.6. The molecule has 0 spiro atoms. The van der Waals surface area contributed by atoms with Gasteiger partial charge >= 0.3 is 0 Å². The fraction of sp³-hybridized carbons (Fsp3) is 0.0556. The SMILES string of the molecule is C=CC(=O)c1cn(S(=O)(=O)c2ccc(C)cc2)c2cccc(Br)c12. The highest BCUT2D eigenvalue weighted by atomic mass is 79.9. The molecule has 0 unspecified atom stereocenters. The lowest BCUT2D eigenvalue weighted by Crippen LogP contribution is -2.12. The van der Waals surface area contributed by atoms with E-state index < -0.39 is 10.0 Å². The smallest absolute Gasteiger partial charge is 0.268 e. The van der Waals surface area contributed by atoms with E-state index in [1.165, 1.54) is 12.3 Å². The van der Waals surface area contributed by atoms with Crippen LogP contribution >= 0.6 is 15.9 Å². The average Bonchev–Trinajstić information content (AvgIpc) is 2.96. The lowest BCUT2D eigenvalue weighted by atomic mass is 10.1. The van der Waals surface area contributed by atoms with Crippen molar-refractivity contribution in [3.8, 4) is 0 Å². The Morgan fingerprint density at radius 3 is 2.46 bits per heavy atom. The van der Waals surface area contributed by atoms with Gasteiger partial charge in [-0.2, -0.15) is 0 Å². The van der Waals surface area contributed by atoms with Crippen molar-refractivity contribution in [3.63, 3.8) is 0 Å². The van der Waals surface area contributed by atoms with Crippen molar-refractivity contribution < 1.29 is 13.2 Å². The fourth-order valence-corrected chi connectivity index (χ4v) is 4.47. The second-order valence-electron chi connectivity index (χ2n) is 5.36. The first-order valence-electron chi connectivity index (χ1n) is 7.15. The zero-order valence-electron chi connectivity index (χ0n) is 12.9. The molecule has 3 rings (SSSR count). The molecule has 3 aromatic rings. The number of aromatic nitrogens is 1. The molecule has 0 bridgehead atoms. The highest BCUT2D eigenvalue weighted by molar-refractivity contribution is 9.10. The molecule has 2 aromatic carbocycles. The van der Waals surface area contributed by atoms with Crippen LogP contribution < -0.4 is 0 Å². The first-order chi connectivity index (χ1) is 11.4. The van der Waals surface area contributed by atoms with E-state index in [1.807, 2.05) is 6.92 Å². The van der Waals surface area contributed by atoms with E-state index in [1.54, 1.807) is 42.5 Å². The first-order valence-corrected chi connectivity index (χ1v) is 9.38. The molecule has 0 aliphatic heterocycles. The van der Waals surface area contributed by atoms with E-state index >= 15 is 0 Å². The van der Waals surface area contributed by atoms with E-state index in [9.17, 15) is 13.2 Å². The third-order valence-corrected chi connectivity index (χ3v) is 6.12. The predicted molar refractivity (Wildman–Crippen MR) is 97.9 cm³/mol. The Labute approximate surface area is 148 Å². The third-order valence-electron chi connectivity index (χ3n) is 3.77. The molecule has 0 amide bonds. The minimum absolute atomic E-state index is 0.169. The summed E-state index contributed by atoms with van der Waals surface area (Å²) < 4.78 is 27.8. The maximum atomic E-state index is 13.0. The van der Waals surface area contributed by atoms with Crippen LogP contribution in [0.15, 0.2) is 70.7 Å². The number of fused-ring (bicyclic) bond motifs is 1. The Bertz CT molecular complexity index is 1060. The Hall–Kier alpha value is -2.18. The number of ketones is 1. The molecule has 1 heterocycles. The van der Waals surface area contributed by atoms with Gasteiger partial charge in [0.05, 0.1) is 10.4 Å². The Morgan fingerprint density at radius 2 is 1.83 bits per heavy atom. The molecule has 0 atom stereocenters. The van der Waals surface area contributed by atoms with Crippen LogP contribution in [0.3, 0.4) is 0 Å². The second kappa shape index (κ2) is 6.03. The fourth-order valence-electron chi connectivity index (χ4n) is 2.53. The lowest BCUT2D eigenvalue weighted by molar-refractivity contribution is 0.104. The number of allylic oxidation sites excluding steroid dienone is 1. The van der Waals surface area contributed by atoms with Crippen molar-refractivity contribution in [3.05, 3.63) is 76.9 Å². The van der Waals surface area contributed by atoms with E-state index in [-0.39, 0.29) is 10.7 Å². The number of benzene rings is 2. The summed E-state index contributed by atoms with van der Waals surface area (Å²) in [6, 6.07) is 11.8. The van der Waals surface area contributed by atoms with Crippen LogP contribution in [0.4, 0.5) is 0 Å². The predicted octanol–water partition coefficient (Wildman–Crippen LogP) is 4.32. The summed E-state index contributed by atoms with van der Waals surface area (Å²) in [5.74, 6) is -0.329. The number of hydrogen-bond acceptors (Lipinski definition) is 3. The van der Waals surface area contributed by atoms with Crippen molar-refractivity contribution in [2.45, 2.75) is 11.8 Å². The number of aryl methyl sites for hydroxylation is 1. The summed E-state index contributed by atoms with van der Waals surface area (Å²) in [7, 11) is -3.81. The number of hydrogen-bond donors (Lipinski definition) is 0. The van der Waals surface area contributed by atoms with Crippen LogP contribution in [-0.4, -0.2) is 18.2 Å². The van der Waals surface area contributed by atoms with Gasteiger partial charge in [0.2, 0.25) is 0 Å². The zero-order chi connectivity index (χ0) is 17.5. The van der Waals surface area contributed by atoms with Crippen molar-refractivity contribution in [1.82, 2.24) is 3.97 Å². The average molecular weight is 404 g/mol. The summed E-state index contributed by atoms with van der Waals surface area (Å²) in [5, 5.41) is 0.554. The number of carbonyl (C=O) groups excluding carboxylic acids is 1. The van der Waals surface area contributed by atoms with Gasteiger partial charge in [-0.05, 0) is 37.3 Å². The molecule has 4 nitrogen and oxygen atoms in total. The van der Waals surface area contributed by atoms with Gasteiger partial charge in [0.15, 0.2) is 5.78 Å². The molecule has 0 fully saturated rings. The molecular formula is C18H14BrNO3S. The molecule has 0 aliphatic rings. The summed E-state index contributed by atoms with van der Waals surface area (Å²) in [4.78, 5) is 12.3. The molecule has 0 saturated heterocycles. The first kappa shape index (κ1) is 16.7. The zero-order valence-corrected chi connectivity index (χ0v) is 15.3. The maximum absolute atomic E-state index is 13.0. The minimum atomic E-state index is -3.81. The van der Waals surface area contributed by atoms with Crippen molar-refractivity contribution in [2.75, 3.05) is 0 Å². The van der Waals surface area contributed by atoms with Gasteiger partial charge in [-0.15, -0.1) is 0 Å². The Balaban J connectivity index is 2.34.